The lowest BCUT2D eigenvalue weighted by molar-refractivity contribution is -0.160. The number of alkyl halides is 3. The number of esters is 1. The topological polar surface area (TPSA) is 50.4 Å². The van der Waals surface area contributed by atoms with Crippen LogP contribution < -0.4 is 10.6 Å². The molecule has 0 aliphatic carbocycles. The highest BCUT2D eigenvalue weighted by Gasteiger charge is 2.34. The Kier molecular flexibility index (Phi) is 7.87. The molecule has 4 nitrogen and oxygen atoms in total. The van der Waals surface area contributed by atoms with E-state index in [1.807, 2.05) is 41.5 Å². The summed E-state index contributed by atoms with van der Waals surface area (Å²) in [5.41, 5.74) is -1.37. The van der Waals surface area contributed by atoms with Crippen LogP contribution in [0, 0.1) is 5.41 Å². The lowest BCUT2D eigenvalue weighted by atomic mass is 9.86. The predicted octanol–water partition coefficient (Wildman–Crippen LogP) is 4.14. The maximum Gasteiger partial charge on any atom is 0.416 e. The summed E-state index contributed by atoms with van der Waals surface area (Å²) in [5.74, 6) is -0.336. The second-order valence-corrected chi connectivity index (χ2v) is 8.62. The van der Waals surface area contributed by atoms with E-state index in [0.717, 1.165) is 6.07 Å². The lowest BCUT2D eigenvalue weighted by Gasteiger charge is -2.32. The van der Waals surface area contributed by atoms with Gasteiger partial charge in [-0.05, 0) is 37.8 Å². The Bertz CT molecular complexity index is 617. The molecule has 7 heteroatoms. The quantitative estimate of drug-likeness (QED) is 0.544. The van der Waals surface area contributed by atoms with E-state index >= 15 is 0 Å². The van der Waals surface area contributed by atoms with Crippen molar-refractivity contribution in [2.45, 2.75) is 65.9 Å². The molecule has 27 heavy (non-hydrogen) atoms. The Balaban J connectivity index is 2.58. The van der Waals surface area contributed by atoms with Crippen molar-refractivity contribution in [3.05, 3.63) is 35.4 Å². The third-order valence-corrected chi connectivity index (χ3v) is 3.80. The molecule has 0 bridgehead atoms. The Hall–Kier alpha value is -1.60. The number of nitrogens with one attached hydrogen (secondary N) is 2. The molecule has 1 rings (SSSR count). The molecule has 0 spiro atoms. The highest BCUT2D eigenvalue weighted by atomic mass is 19.4. The van der Waals surface area contributed by atoms with Gasteiger partial charge in [-0.15, -0.1) is 0 Å². The SMILES string of the molecule is CC(C)(C)OC(=O)[C@@H](NCCNCc1ccccc1C(F)(F)F)C(C)(C)C. The Labute approximate surface area is 159 Å². The molecule has 1 atom stereocenters. The van der Waals surface area contributed by atoms with Gasteiger partial charge in [0, 0.05) is 19.6 Å². The highest BCUT2D eigenvalue weighted by Crippen LogP contribution is 2.31. The summed E-state index contributed by atoms with van der Waals surface area (Å²) >= 11 is 0. The van der Waals surface area contributed by atoms with Crippen LogP contribution in [0.4, 0.5) is 13.2 Å². The van der Waals surface area contributed by atoms with E-state index in [1.165, 1.54) is 12.1 Å². The minimum absolute atomic E-state index is 0.101. The number of ether oxygens (including phenoxy) is 1. The zero-order valence-electron chi connectivity index (χ0n) is 17.0. The smallest absolute Gasteiger partial charge is 0.416 e. The van der Waals surface area contributed by atoms with Gasteiger partial charge in [-0.25, -0.2) is 0 Å². The first-order chi connectivity index (χ1) is 12.2. The molecular formula is C20H31F3N2O2. The van der Waals surface area contributed by atoms with Gasteiger partial charge < -0.3 is 15.4 Å². The van der Waals surface area contributed by atoms with Crippen molar-refractivity contribution in [2.24, 2.45) is 5.41 Å². The first kappa shape index (κ1) is 23.4. The molecule has 0 saturated carbocycles. The number of carbonyl (C=O) groups excluding carboxylic acids is 1. The Morgan fingerprint density at radius 1 is 1.04 bits per heavy atom. The van der Waals surface area contributed by atoms with Gasteiger partial charge in [0.1, 0.15) is 11.6 Å². The number of halogens is 3. The first-order valence-electron chi connectivity index (χ1n) is 9.04. The summed E-state index contributed by atoms with van der Waals surface area (Å²) in [6.45, 7) is 12.2. The number of rotatable bonds is 7. The summed E-state index contributed by atoms with van der Waals surface area (Å²) in [4.78, 5) is 12.4. The van der Waals surface area contributed by atoms with Crippen LogP contribution in [0.3, 0.4) is 0 Å². The third-order valence-electron chi connectivity index (χ3n) is 3.80. The van der Waals surface area contributed by atoms with Gasteiger partial charge in [0.15, 0.2) is 0 Å². The van der Waals surface area contributed by atoms with E-state index in [-0.39, 0.29) is 23.5 Å². The van der Waals surface area contributed by atoms with Gasteiger partial charge >= 0.3 is 12.1 Å². The van der Waals surface area contributed by atoms with E-state index < -0.39 is 23.4 Å². The maximum absolute atomic E-state index is 13.0. The third kappa shape index (κ3) is 8.30. The fourth-order valence-electron chi connectivity index (χ4n) is 2.58. The van der Waals surface area contributed by atoms with Crippen molar-refractivity contribution in [3.8, 4) is 0 Å². The Morgan fingerprint density at radius 2 is 1.63 bits per heavy atom. The number of hydrogen-bond donors (Lipinski definition) is 2. The molecule has 2 N–H and O–H groups in total. The van der Waals surface area contributed by atoms with Crippen LogP contribution >= 0.6 is 0 Å². The summed E-state index contributed by atoms with van der Waals surface area (Å²) in [6.07, 6.45) is -4.37. The molecule has 1 aromatic rings. The van der Waals surface area contributed by atoms with Crippen molar-refractivity contribution < 1.29 is 22.7 Å². The van der Waals surface area contributed by atoms with Crippen LogP contribution in [0.1, 0.15) is 52.7 Å². The molecule has 0 fully saturated rings. The van der Waals surface area contributed by atoms with Crippen molar-refractivity contribution >= 4 is 5.97 Å². The van der Waals surface area contributed by atoms with Crippen LogP contribution in [0.25, 0.3) is 0 Å². The van der Waals surface area contributed by atoms with E-state index in [0.29, 0.717) is 13.1 Å². The normalized spacial score (nSPS) is 14.1. The van der Waals surface area contributed by atoms with Crippen molar-refractivity contribution in [2.75, 3.05) is 13.1 Å². The molecule has 0 radical (unpaired) electrons. The zero-order valence-corrected chi connectivity index (χ0v) is 17.0. The van der Waals surface area contributed by atoms with Gasteiger partial charge in [0.25, 0.3) is 0 Å². The van der Waals surface area contributed by atoms with Crippen LogP contribution in [0.15, 0.2) is 24.3 Å². The minimum Gasteiger partial charge on any atom is -0.459 e. The van der Waals surface area contributed by atoms with Gasteiger partial charge in [-0.1, -0.05) is 39.0 Å². The van der Waals surface area contributed by atoms with Crippen molar-refractivity contribution in [3.63, 3.8) is 0 Å². The molecular weight excluding hydrogens is 357 g/mol. The van der Waals surface area contributed by atoms with Crippen LogP contribution in [0.5, 0.6) is 0 Å². The molecule has 0 saturated heterocycles. The summed E-state index contributed by atoms with van der Waals surface area (Å²) < 4.78 is 44.4. The number of benzene rings is 1. The minimum atomic E-state index is -4.37. The molecule has 0 aliphatic heterocycles. The molecule has 0 aromatic heterocycles. The monoisotopic (exact) mass is 388 g/mol. The van der Waals surface area contributed by atoms with Crippen LogP contribution in [0.2, 0.25) is 0 Å². The zero-order chi connectivity index (χ0) is 20.9. The summed E-state index contributed by atoms with van der Waals surface area (Å²) in [6, 6.07) is 4.99. The number of hydrogen-bond acceptors (Lipinski definition) is 4. The largest absolute Gasteiger partial charge is 0.459 e. The summed E-state index contributed by atoms with van der Waals surface area (Å²) in [5, 5.41) is 6.15. The molecule has 0 unspecified atom stereocenters. The summed E-state index contributed by atoms with van der Waals surface area (Å²) in [7, 11) is 0. The fourth-order valence-corrected chi connectivity index (χ4v) is 2.58. The van der Waals surface area contributed by atoms with Gasteiger partial charge in [-0.2, -0.15) is 13.2 Å². The maximum atomic E-state index is 13.0. The van der Waals surface area contributed by atoms with Gasteiger partial charge in [0.05, 0.1) is 5.56 Å². The van der Waals surface area contributed by atoms with Crippen LogP contribution in [-0.2, 0) is 22.3 Å². The second kappa shape index (κ2) is 9.06. The molecule has 0 amide bonds. The van der Waals surface area contributed by atoms with E-state index in [1.54, 1.807) is 6.07 Å². The lowest BCUT2D eigenvalue weighted by Crippen LogP contribution is -2.50. The first-order valence-corrected chi connectivity index (χ1v) is 9.04. The molecule has 154 valence electrons. The average Bonchev–Trinajstić information content (AvgIpc) is 2.47. The van der Waals surface area contributed by atoms with Crippen molar-refractivity contribution in [1.29, 1.82) is 0 Å². The number of carbonyl (C=O) groups is 1. The standard InChI is InChI=1S/C20H31F3N2O2/c1-18(2,3)16(17(26)27-19(4,5)6)25-12-11-24-13-14-9-7-8-10-15(14)20(21,22)23/h7-10,16,24-25H,11-13H2,1-6H3/t16-/m1/s1. The molecule has 0 heterocycles. The molecule has 1 aromatic carbocycles. The van der Waals surface area contributed by atoms with Crippen LogP contribution in [-0.4, -0.2) is 30.7 Å². The second-order valence-electron chi connectivity index (χ2n) is 8.62. The highest BCUT2D eigenvalue weighted by molar-refractivity contribution is 5.77. The predicted molar refractivity (Wildman–Crippen MR) is 100 cm³/mol. The van der Waals surface area contributed by atoms with E-state index in [9.17, 15) is 18.0 Å². The Morgan fingerprint density at radius 3 is 2.15 bits per heavy atom. The van der Waals surface area contributed by atoms with Crippen molar-refractivity contribution in [1.82, 2.24) is 10.6 Å². The van der Waals surface area contributed by atoms with Gasteiger partial charge in [0.2, 0.25) is 0 Å². The van der Waals surface area contributed by atoms with Gasteiger partial charge in [-0.3, -0.25) is 4.79 Å². The fraction of sp³-hybridized carbons (Fsp3) is 0.650. The van der Waals surface area contributed by atoms with E-state index in [4.69, 9.17) is 4.74 Å². The van der Waals surface area contributed by atoms with E-state index in [2.05, 4.69) is 10.6 Å². The molecule has 0 aliphatic rings. The average molecular weight is 388 g/mol.